The van der Waals surface area contributed by atoms with E-state index in [0.29, 0.717) is 0 Å². The first-order valence-corrected chi connectivity index (χ1v) is 11.3. The summed E-state index contributed by atoms with van der Waals surface area (Å²) < 4.78 is 24.1. The van der Waals surface area contributed by atoms with Gasteiger partial charge in [-0.15, -0.1) is 0 Å². The first kappa shape index (κ1) is 21.0. The number of nitrogens with one attached hydrogen (secondary N) is 1. The van der Waals surface area contributed by atoms with Crippen LogP contribution < -0.4 is 5.48 Å². The molecular formula is C21H25N3O4S. The lowest BCUT2D eigenvalue weighted by molar-refractivity contribution is -0.131. The van der Waals surface area contributed by atoms with E-state index in [1.807, 2.05) is 36.5 Å². The molecule has 3 aromatic rings. The molecule has 1 heterocycles. The summed E-state index contributed by atoms with van der Waals surface area (Å²) in [6.07, 6.45) is 4.69. The van der Waals surface area contributed by atoms with Crippen molar-refractivity contribution < 1.29 is 18.4 Å². The maximum atomic E-state index is 12.1. The summed E-state index contributed by atoms with van der Waals surface area (Å²) in [5, 5.41) is 14.4. The van der Waals surface area contributed by atoms with Gasteiger partial charge in [0, 0.05) is 24.4 Å². The molecule has 0 fully saturated rings. The zero-order valence-electron chi connectivity index (χ0n) is 16.5. The molecule has 2 aromatic carbocycles. The number of benzene rings is 2. The number of sulfone groups is 1. The SMILES string of the molecule is C[C@](CCn1cc2cc(CCc3ccccc3)ccc2n1)(C(=O)NO)S(C)(=O)=O. The molecule has 1 amide bonds. The molecule has 0 radical (unpaired) electrons. The van der Waals surface area contributed by atoms with Gasteiger partial charge in [0.2, 0.25) is 0 Å². The number of amides is 1. The molecule has 154 valence electrons. The second-order valence-electron chi connectivity index (χ2n) is 7.46. The standard InChI is InChI=1S/C21H25N3O4S/c1-21(20(25)23-26,29(2,27)28)12-13-24-15-18-14-17(10-11-19(18)22-24)9-8-16-6-4-3-5-7-16/h3-7,10-11,14-15,26H,8-9,12-13H2,1-2H3,(H,23,25)/t21-/m0/s1. The Labute approximate surface area is 170 Å². The third kappa shape index (κ3) is 4.65. The van der Waals surface area contributed by atoms with Crippen molar-refractivity contribution in [2.24, 2.45) is 0 Å². The van der Waals surface area contributed by atoms with Gasteiger partial charge in [-0.1, -0.05) is 36.4 Å². The first-order chi connectivity index (χ1) is 13.7. The van der Waals surface area contributed by atoms with Crippen LogP contribution in [-0.4, -0.2) is 40.3 Å². The number of hydrogen-bond acceptors (Lipinski definition) is 5. The van der Waals surface area contributed by atoms with Gasteiger partial charge in [-0.05, 0) is 49.4 Å². The van der Waals surface area contributed by atoms with E-state index in [2.05, 4.69) is 23.3 Å². The topological polar surface area (TPSA) is 101 Å². The highest BCUT2D eigenvalue weighted by atomic mass is 32.2. The molecule has 7 nitrogen and oxygen atoms in total. The molecule has 0 unspecified atom stereocenters. The Hall–Kier alpha value is -2.71. The average Bonchev–Trinajstić information content (AvgIpc) is 3.12. The Morgan fingerprint density at radius 3 is 2.48 bits per heavy atom. The Balaban J connectivity index is 1.73. The normalized spacial score (nSPS) is 13.9. The molecule has 2 N–H and O–H groups in total. The number of aromatic nitrogens is 2. The average molecular weight is 416 g/mol. The second kappa shape index (κ2) is 8.34. The van der Waals surface area contributed by atoms with Crippen LogP contribution in [0, 0.1) is 0 Å². The minimum Gasteiger partial charge on any atom is -0.289 e. The Bertz CT molecular complexity index is 1110. The van der Waals surface area contributed by atoms with E-state index in [0.717, 1.165) is 30.0 Å². The van der Waals surface area contributed by atoms with Gasteiger partial charge in [-0.3, -0.25) is 14.7 Å². The molecule has 1 aromatic heterocycles. The van der Waals surface area contributed by atoms with Crippen LogP contribution in [-0.2, 0) is 34.0 Å². The minimum absolute atomic E-state index is 0.00687. The Morgan fingerprint density at radius 1 is 1.14 bits per heavy atom. The number of hydrogen-bond donors (Lipinski definition) is 2. The van der Waals surface area contributed by atoms with Crippen molar-refractivity contribution in [3.8, 4) is 0 Å². The van der Waals surface area contributed by atoms with Crippen molar-refractivity contribution in [3.05, 3.63) is 65.9 Å². The predicted molar refractivity (Wildman–Crippen MR) is 111 cm³/mol. The predicted octanol–water partition coefficient (Wildman–Crippen LogP) is 2.52. The molecule has 0 aliphatic carbocycles. The lowest BCUT2D eigenvalue weighted by Crippen LogP contribution is -2.49. The lowest BCUT2D eigenvalue weighted by atomic mass is 10.0. The summed E-state index contributed by atoms with van der Waals surface area (Å²) in [6.45, 7) is 1.53. The van der Waals surface area contributed by atoms with E-state index in [1.54, 1.807) is 4.68 Å². The van der Waals surface area contributed by atoms with Crippen molar-refractivity contribution in [3.63, 3.8) is 0 Å². The van der Waals surface area contributed by atoms with Gasteiger partial charge in [-0.25, -0.2) is 13.9 Å². The second-order valence-corrected chi connectivity index (χ2v) is 9.91. The fraction of sp³-hybridized carbons (Fsp3) is 0.333. The molecule has 1 atom stereocenters. The monoisotopic (exact) mass is 415 g/mol. The Kier molecular flexibility index (Phi) is 6.04. The highest BCUT2D eigenvalue weighted by molar-refractivity contribution is 7.92. The van der Waals surface area contributed by atoms with Crippen LogP contribution in [0.1, 0.15) is 24.5 Å². The van der Waals surface area contributed by atoms with E-state index in [4.69, 9.17) is 5.21 Å². The molecule has 0 spiro atoms. The van der Waals surface area contributed by atoms with E-state index in [1.165, 1.54) is 23.5 Å². The van der Waals surface area contributed by atoms with Crippen LogP contribution in [0.5, 0.6) is 0 Å². The van der Waals surface area contributed by atoms with Crippen LogP contribution in [0.15, 0.2) is 54.7 Å². The fourth-order valence-corrected chi connectivity index (χ4v) is 4.09. The van der Waals surface area contributed by atoms with Crippen LogP contribution in [0.3, 0.4) is 0 Å². The molecule has 3 rings (SSSR count). The molecule has 0 bridgehead atoms. The van der Waals surface area contributed by atoms with Crippen molar-refractivity contribution in [1.82, 2.24) is 15.3 Å². The maximum absolute atomic E-state index is 12.1. The van der Waals surface area contributed by atoms with Crippen LogP contribution in [0.2, 0.25) is 0 Å². The number of rotatable bonds is 8. The summed E-state index contributed by atoms with van der Waals surface area (Å²) in [4.78, 5) is 11.9. The number of fused-ring (bicyclic) bond motifs is 1. The number of aryl methyl sites for hydroxylation is 3. The number of carbonyl (C=O) groups excluding carboxylic acids is 1. The zero-order valence-corrected chi connectivity index (χ0v) is 17.3. The number of carbonyl (C=O) groups is 1. The highest BCUT2D eigenvalue weighted by Gasteiger charge is 2.43. The molecule has 0 saturated carbocycles. The molecule has 29 heavy (non-hydrogen) atoms. The fourth-order valence-electron chi connectivity index (χ4n) is 3.24. The van der Waals surface area contributed by atoms with Crippen molar-refractivity contribution >= 4 is 26.6 Å². The maximum Gasteiger partial charge on any atom is 0.264 e. The minimum atomic E-state index is -3.73. The van der Waals surface area contributed by atoms with Crippen LogP contribution in [0.25, 0.3) is 10.9 Å². The van der Waals surface area contributed by atoms with Gasteiger partial charge in [0.15, 0.2) is 14.6 Å². The van der Waals surface area contributed by atoms with Gasteiger partial charge >= 0.3 is 0 Å². The van der Waals surface area contributed by atoms with Gasteiger partial charge in [0.25, 0.3) is 5.91 Å². The van der Waals surface area contributed by atoms with Crippen LogP contribution >= 0.6 is 0 Å². The lowest BCUT2D eigenvalue weighted by Gasteiger charge is -2.24. The molecule has 0 saturated heterocycles. The van der Waals surface area contributed by atoms with Crippen molar-refractivity contribution in [2.45, 2.75) is 37.5 Å². The largest absolute Gasteiger partial charge is 0.289 e. The third-order valence-electron chi connectivity index (χ3n) is 5.38. The smallest absolute Gasteiger partial charge is 0.264 e. The van der Waals surface area contributed by atoms with E-state index >= 15 is 0 Å². The molecular weight excluding hydrogens is 390 g/mol. The summed E-state index contributed by atoms with van der Waals surface area (Å²) in [5.41, 5.74) is 4.75. The highest BCUT2D eigenvalue weighted by Crippen LogP contribution is 2.23. The van der Waals surface area contributed by atoms with Crippen molar-refractivity contribution in [2.75, 3.05) is 6.26 Å². The van der Waals surface area contributed by atoms with E-state index < -0.39 is 20.5 Å². The van der Waals surface area contributed by atoms with Crippen LogP contribution in [0.4, 0.5) is 0 Å². The summed E-state index contributed by atoms with van der Waals surface area (Å²) >= 11 is 0. The Morgan fingerprint density at radius 2 is 1.83 bits per heavy atom. The summed E-state index contributed by atoms with van der Waals surface area (Å²) in [5.74, 6) is -0.945. The number of hydroxylamine groups is 1. The van der Waals surface area contributed by atoms with Gasteiger partial charge in [-0.2, -0.15) is 5.10 Å². The first-order valence-electron chi connectivity index (χ1n) is 9.37. The van der Waals surface area contributed by atoms with Gasteiger partial charge in [0.05, 0.1) is 5.52 Å². The number of nitrogens with zero attached hydrogens (tertiary/aromatic N) is 2. The van der Waals surface area contributed by atoms with Crippen molar-refractivity contribution in [1.29, 1.82) is 0 Å². The summed E-state index contributed by atoms with van der Waals surface area (Å²) in [6, 6.07) is 16.4. The van der Waals surface area contributed by atoms with E-state index in [9.17, 15) is 13.2 Å². The van der Waals surface area contributed by atoms with E-state index in [-0.39, 0.29) is 13.0 Å². The molecule has 0 aliphatic rings. The van der Waals surface area contributed by atoms with Gasteiger partial charge < -0.3 is 0 Å². The third-order valence-corrected chi connectivity index (χ3v) is 7.41. The van der Waals surface area contributed by atoms with Gasteiger partial charge in [0.1, 0.15) is 0 Å². The quantitative estimate of drug-likeness (QED) is 0.435. The molecule has 8 heteroatoms. The summed E-state index contributed by atoms with van der Waals surface area (Å²) in [7, 11) is -3.73. The zero-order chi connectivity index (χ0) is 21.1. The molecule has 0 aliphatic heterocycles.